The van der Waals surface area contributed by atoms with Gasteiger partial charge in [0.2, 0.25) is 0 Å². The maximum absolute atomic E-state index is 13.4. The van der Waals surface area contributed by atoms with Crippen LogP contribution >= 0.6 is 23.2 Å². The Labute approximate surface area is 198 Å². The number of carbonyl (C=O) groups is 1. The second-order valence-electron chi connectivity index (χ2n) is 7.35. The molecule has 7 nitrogen and oxygen atoms in total. The van der Waals surface area contributed by atoms with Gasteiger partial charge < -0.3 is 21.1 Å². The molecule has 0 aliphatic heterocycles. The van der Waals surface area contributed by atoms with Crippen molar-refractivity contribution in [2.75, 3.05) is 6.61 Å². The first-order valence-electron chi connectivity index (χ1n) is 9.99. The Morgan fingerprint density at radius 3 is 2.67 bits per heavy atom. The number of benzene rings is 2. The fourth-order valence-electron chi connectivity index (χ4n) is 3.47. The van der Waals surface area contributed by atoms with Gasteiger partial charge in [0.1, 0.15) is 11.5 Å². The Kier molecular flexibility index (Phi) is 6.80. The summed E-state index contributed by atoms with van der Waals surface area (Å²) in [6, 6.07) is 10.5. The smallest absolute Gasteiger partial charge is 0.268 e. The Balaban J connectivity index is 1.56. The summed E-state index contributed by atoms with van der Waals surface area (Å²) in [7, 11) is 0. The highest BCUT2D eigenvalue weighted by Crippen LogP contribution is 2.33. The number of aliphatic hydroxyl groups excluding tert-OH is 1. The van der Waals surface area contributed by atoms with Crippen molar-refractivity contribution in [1.29, 1.82) is 0 Å². The highest BCUT2D eigenvalue weighted by atomic mass is 35.5. The molecule has 0 aliphatic carbocycles. The number of H-pyrrole nitrogens is 2. The zero-order valence-electron chi connectivity index (χ0n) is 17.2. The third-order valence-corrected chi connectivity index (χ3v) is 5.92. The number of aromatic nitrogens is 3. The number of nitrogens with zero attached hydrogens (tertiary/aromatic N) is 1. The molecule has 2 aromatic carbocycles. The minimum Gasteiger partial charge on any atom is -0.394 e. The molecular weight excluding hydrogens is 468 g/mol. The molecule has 4 aromatic rings. The van der Waals surface area contributed by atoms with E-state index < -0.39 is 17.8 Å². The molecule has 6 N–H and O–H groups in total. The summed E-state index contributed by atoms with van der Waals surface area (Å²) in [6.07, 6.45) is 3.35. The summed E-state index contributed by atoms with van der Waals surface area (Å²) in [5.41, 5.74) is 10.3. The molecular formula is C23H20Cl2FN5O2. The minimum atomic E-state index is -0.756. The largest absolute Gasteiger partial charge is 0.394 e. The van der Waals surface area contributed by atoms with Crippen LogP contribution in [0.25, 0.3) is 22.4 Å². The van der Waals surface area contributed by atoms with Crippen LogP contribution in [0.15, 0.2) is 54.9 Å². The van der Waals surface area contributed by atoms with Gasteiger partial charge >= 0.3 is 0 Å². The molecule has 0 saturated heterocycles. The van der Waals surface area contributed by atoms with Crippen LogP contribution < -0.4 is 11.1 Å². The topological polar surface area (TPSA) is 120 Å². The normalized spacial score (nSPS) is 12.0. The molecule has 0 bridgehead atoms. The van der Waals surface area contributed by atoms with Gasteiger partial charge in [0, 0.05) is 28.9 Å². The number of aromatic amines is 2. The number of halogens is 3. The molecule has 1 amide bonds. The van der Waals surface area contributed by atoms with E-state index in [1.54, 1.807) is 18.5 Å². The SMILES string of the molecule is NCc1ccc(-c2cn[nH]c2-c2c[nH]c(C(=O)N[C@H](CO)c3ccc(F)c(Cl)c3)c2)cc1Cl. The molecule has 0 saturated carbocycles. The zero-order chi connectivity index (χ0) is 23.5. The number of nitrogens with one attached hydrogen (secondary N) is 3. The highest BCUT2D eigenvalue weighted by Gasteiger charge is 2.19. The van der Waals surface area contributed by atoms with E-state index in [4.69, 9.17) is 28.9 Å². The van der Waals surface area contributed by atoms with Crippen molar-refractivity contribution in [2.45, 2.75) is 12.6 Å². The van der Waals surface area contributed by atoms with Gasteiger partial charge in [-0.25, -0.2) is 4.39 Å². The van der Waals surface area contributed by atoms with Gasteiger partial charge in [-0.1, -0.05) is 41.4 Å². The van der Waals surface area contributed by atoms with Crippen molar-refractivity contribution in [3.63, 3.8) is 0 Å². The molecule has 33 heavy (non-hydrogen) atoms. The summed E-state index contributed by atoms with van der Waals surface area (Å²) < 4.78 is 13.4. The molecule has 10 heteroatoms. The van der Waals surface area contributed by atoms with Crippen molar-refractivity contribution < 1.29 is 14.3 Å². The number of carbonyl (C=O) groups excluding carboxylic acids is 1. The quantitative estimate of drug-likeness (QED) is 0.264. The van der Waals surface area contributed by atoms with E-state index in [1.807, 2.05) is 18.2 Å². The summed E-state index contributed by atoms with van der Waals surface area (Å²) in [5, 5.41) is 20.0. The van der Waals surface area contributed by atoms with E-state index in [1.165, 1.54) is 18.2 Å². The molecule has 1 atom stereocenters. The van der Waals surface area contributed by atoms with E-state index in [9.17, 15) is 14.3 Å². The fourth-order valence-corrected chi connectivity index (χ4v) is 3.92. The number of amides is 1. The summed E-state index contributed by atoms with van der Waals surface area (Å²) in [5.74, 6) is -1.02. The molecule has 2 aromatic heterocycles. The fraction of sp³-hybridized carbons (Fsp3) is 0.130. The number of aliphatic hydroxyl groups is 1. The van der Waals surface area contributed by atoms with Crippen molar-refractivity contribution >= 4 is 29.1 Å². The van der Waals surface area contributed by atoms with Crippen molar-refractivity contribution in [3.05, 3.63) is 87.5 Å². The average molecular weight is 488 g/mol. The van der Waals surface area contributed by atoms with Crippen LogP contribution in [0.4, 0.5) is 4.39 Å². The Hall–Kier alpha value is -3.17. The lowest BCUT2D eigenvalue weighted by Crippen LogP contribution is -2.31. The van der Waals surface area contributed by atoms with Crippen molar-refractivity contribution in [2.24, 2.45) is 5.73 Å². The van der Waals surface area contributed by atoms with Gasteiger partial charge in [-0.15, -0.1) is 0 Å². The monoisotopic (exact) mass is 487 g/mol. The second kappa shape index (κ2) is 9.76. The first kappa shape index (κ1) is 23.0. The highest BCUT2D eigenvalue weighted by molar-refractivity contribution is 6.31. The Morgan fingerprint density at radius 2 is 1.97 bits per heavy atom. The van der Waals surface area contributed by atoms with Gasteiger partial charge in [-0.3, -0.25) is 9.89 Å². The lowest BCUT2D eigenvalue weighted by molar-refractivity contribution is 0.0911. The average Bonchev–Trinajstić information content (AvgIpc) is 3.49. The molecule has 0 unspecified atom stereocenters. The maximum atomic E-state index is 13.4. The lowest BCUT2D eigenvalue weighted by atomic mass is 10.0. The van der Waals surface area contributed by atoms with Gasteiger partial charge in [0.25, 0.3) is 5.91 Å². The predicted molar refractivity (Wildman–Crippen MR) is 125 cm³/mol. The van der Waals surface area contributed by atoms with E-state index in [0.717, 1.165) is 16.7 Å². The standard InChI is InChI=1S/C23H20Cl2FN5O2/c24-17-5-12(1-2-14(17)8-27)16-10-29-31-22(16)15-7-20(28-9-15)23(33)30-21(11-32)13-3-4-19(26)18(25)6-13/h1-7,9-10,21,28,32H,8,11,27H2,(H,29,31)(H,30,33)/t21-/m1/s1. The van der Waals surface area contributed by atoms with Gasteiger partial charge in [0.15, 0.2) is 0 Å². The molecule has 0 spiro atoms. The number of nitrogens with two attached hydrogens (primary N) is 1. The van der Waals surface area contributed by atoms with E-state index in [0.29, 0.717) is 28.4 Å². The van der Waals surface area contributed by atoms with Crippen LogP contribution in [0.3, 0.4) is 0 Å². The maximum Gasteiger partial charge on any atom is 0.268 e. The van der Waals surface area contributed by atoms with Crippen molar-refractivity contribution in [3.8, 4) is 22.4 Å². The van der Waals surface area contributed by atoms with Crippen LogP contribution in [0, 0.1) is 5.82 Å². The van der Waals surface area contributed by atoms with Crippen LogP contribution in [-0.4, -0.2) is 32.8 Å². The first-order chi connectivity index (χ1) is 15.9. The van der Waals surface area contributed by atoms with Crippen LogP contribution in [-0.2, 0) is 6.54 Å². The molecule has 0 aliphatic rings. The van der Waals surface area contributed by atoms with E-state index in [2.05, 4.69) is 20.5 Å². The Morgan fingerprint density at radius 1 is 1.15 bits per heavy atom. The summed E-state index contributed by atoms with van der Waals surface area (Å²) >= 11 is 12.1. The van der Waals surface area contributed by atoms with Crippen molar-refractivity contribution in [1.82, 2.24) is 20.5 Å². The summed E-state index contributed by atoms with van der Waals surface area (Å²) in [4.78, 5) is 15.7. The van der Waals surface area contributed by atoms with E-state index >= 15 is 0 Å². The number of hydrogen-bond acceptors (Lipinski definition) is 4. The van der Waals surface area contributed by atoms with Crippen LogP contribution in [0.2, 0.25) is 10.0 Å². The van der Waals surface area contributed by atoms with Crippen LogP contribution in [0.5, 0.6) is 0 Å². The first-order valence-corrected chi connectivity index (χ1v) is 10.7. The van der Waals surface area contributed by atoms with Gasteiger partial charge in [-0.05, 0) is 41.0 Å². The zero-order valence-corrected chi connectivity index (χ0v) is 18.7. The third kappa shape index (κ3) is 4.79. The van der Waals surface area contributed by atoms with Gasteiger partial charge in [0.05, 0.1) is 29.6 Å². The molecule has 0 radical (unpaired) electrons. The predicted octanol–water partition coefficient (Wildman–Crippen LogP) is 4.44. The second-order valence-corrected chi connectivity index (χ2v) is 8.17. The summed E-state index contributed by atoms with van der Waals surface area (Å²) in [6.45, 7) is -0.0435. The molecule has 170 valence electrons. The molecule has 0 fully saturated rings. The van der Waals surface area contributed by atoms with Gasteiger partial charge in [-0.2, -0.15) is 5.10 Å². The Bertz CT molecular complexity index is 1300. The number of rotatable bonds is 7. The minimum absolute atomic E-state index is 0.0891. The third-order valence-electron chi connectivity index (χ3n) is 5.27. The lowest BCUT2D eigenvalue weighted by Gasteiger charge is -2.16. The van der Waals surface area contributed by atoms with E-state index in [-0.39, 0.29) is 17.3 Å². The molecule has 4 rings (SSSR count). The molecule has 2 heterocycles. The number of hydrogen-bond donors (Lipinski definition) is 5. The van der Waals surface area contributed by atoms with Crippen LogP contribution in [0.1, 0.15) is 27.7 Å².